The average Bonchev–Trinajstić information content (AvgIpc) is 2.90. The van der Waals surface area contributed by atoms with Gasteiger partial charge in [-0.25, -0.2) is 4.68 Å². The van der Waals surface area contributed by atoms with Gasteiger partial charge in [0.1, 0.15) is 5.75 Å². The van der Waals surface area contributed by atoms with E-state index in [9.17, 15) is 4.79 Å². The minimum Gasteiger partial charge on any atom is -0.489 e. The van der Waals surface area contributed by atoms with E-state index in [2.05, 4.69) is 26.3 Å². The van der Waals surface area contributed by atoms with Gasteiger partial charge in [0.15, 0.2) is 0 Å². The van der Waals surface area contributed by atoms with E-state index in [4.69, 9.17) is 4.74 Å². The molecule has 1 aromatic heterocycles. The van der Waals surface area contributed by atoms with Crippen LogP contribution in [0.1, 0.15) is 35.6 Å². The van der Waals surface area contributed by atoms with Crippen molar-refractivity contribution in [1.29, 1.82) is 0 Å². The zero-order valence-corrected chi connectivity index (χ0v) is 17.4. The molecule has 3 aromatic rings. The SMILES string of the molecule is Cc1nn(-c2ccc(C(=O)Nc3ccccc3OC(C)C)cc2)c(C)c1Br. The number of carbonyl (C=O) groups is 1. The number of hydrogen-bond acceptors (Lipinski definition) is 3. The molecule has 0 spiro atoms. The molecule has 0 bridgehead atoms. The number of amides is 1. The summed E-state index contributed by atoms with van der Waals surface area (Å²) < 4.78 is 8.60. The Morgan fingerprint density at radius 1 is 1.11 bits per heavy atom. The predicted molar refractivity (Wildman–Crippen MR) is 111 cm³/mol. The smallest absolute Gasteiger partial charge is 0.255 e. The van der Waals surface area contributed by atoms with Crippen LogP contribution < -0.4 is 10.1 Å². The fourth-order valence-corrected chi connectivity index (χ4v) is 3.00. The number of aryl methyl sites for hydroxylation is 1. The zero-order chi connectivity index (χ0) is 19.6. The molecular weight excluding hydrogens is 406 g/mol. The molecule has 0 saturated carbocycles. The molecule has 0 atom stereocenters. The maximum atomic E-state index is 12.6. The van der Waals surface area contributed by atoms with Gasteiger partial charge in [0.25, 0.3) is 5.91 Å². The quantitative estimate of drug-likeness (QED) is 0.601. The number of rotatable bonds is 5. The van der Waals surface area contributed by atoms with Crippen molar-refractivity contribution in [2.45, 2.75) is 33.8 Å². The molecule has 0 fully saturated rings. The Bertz CT molecular complexity index is 962. The number of nitrogens with one attached hydrogen (secondary N) is 1. The Balaban J connectivity index is 1.80. The van der Waals surface area contributed by atoms with E-state index >= 15 is 0 Å². The molecule has 5 nitrogen and oxygen atoms in total. The van der Waals surface area contributed by atoms with Gasteiger partial charge in [0, 0.05) is 5.56 Å². The number of nitrogens with zero attached hydrogens (tertiary/aromatic N) is 2. The molecule has 0 aliphatic heterocycles. The molecule has 1 N–H and O–H groups in total. The minimum absolute atomic E-state index is 0.0300. The van der Waals surface area contributed by atoms with E-state index in [0.717, 1.165) is 21.5 Å². The Kier molecular flexibility index (Phi) is 5.65. The first-order valence-corrected chi connectivity index (χ1v) is 9.55. The van der Waals surface area contributed by atoms with Crippen LogP contribution in [-0.4, -0.2) is 21.8 Å². The number of aromatic nitrogens is 2. The van der Waals surface area contributed by atoms with Gasteiger partial charge in [-0.15, -0.1) is 0 Å². The first kappa shape index (κ1) is 19.2. The molecule has 0 aliphatic carbocycles. The van der Waals surface area contributed by atoms with Crippen LogP contribution in [0.25, 0.3) is 5.69 Å². The summed E-state index contributed by atoms with van der Waals surface area (Å²) >= 11 is 3.54. The molecular formula is C21H22BrN3O2. The Labute approximate surface area is 167 Å². The lowest BCUT2D eigenvalue weighted by Gasteiger charge is -2.15. The van der Waals surface area contributed by atoms with E-state index in [1.165, 1.54) is 0 Å². The summed E-state index contributed by atoms with van der Waals surface area (Å²) in [6.07, 6.45) is 0.0300. The van der Waals surface area contributed by atoms with Gasteiger partial charge in [-0.1, -0.05) is 12.1 Å². The van der Waals surface area contributed by atoms with Gasteiger partial charge in [-0.05, 0) is 80.0 Å². The summed E-state index contributed by atoms with van der Waals surface area (Å²) in [5.74, 6) is 0.473. The van der Waals surface area contributed by atoms with Gasteiger partial charge in [0.2, 0.25) is 0 Å². The second-order valence-corrected chi connectivity index (χ2v) is 7.35. The van der Waals surface area contributed by atoms with Gasteiger partial charge >= 0.3 is 0 Å². The largest absolute Gasteiger partial charge is 0.489 e. The monoisotopic (exact) mass is 427 g/mol. The summed E-state index contributed by atoms with van der Waals surface area (Å²) in [6, 6.07) is 14.8. The molecule has 1 amide bonds. The number of halogens is 1. The average molecular weight is 428 g/mol. The van der Waals surface area contributed by atoms with Crippen LogP contribution in [0.15, 0.2) is 53.0 Å². The molecule has 1 heterocycles. The molecule has 140 valence electrons. The standard InChI is InChI=1S/C21H22BrN3O2/c1-13(2)27-19-8-6-5-7-18(19)23-21(26)16-9-11-17(12-10-16)25-15(4)20(22)14(3)24-25/h5-13H,1-4H3,(H,23,26). The second-order valence-electron chi connectivity index (χ2n) is 6.56. The highest BCUT2D eigenvalue weighted by Gasteiger charge is 2.13. The first-order chi connectivity index (χ1) is 12.9. The Hall–Kier alpha value is -2.60. The number of hydrogen-bond donors (Lipinski definition) is 1. The number of para-hydroxylation sites is 2. The predicted octanol–water partition coefficient (Wildman–Crippen LogP) is 5.29. The lowest BCUT2D eigenvalue weighted by atomic mass is 10.2. The van der Waals surface area contributed by atoms with Gasteiger partial charge in [-0.2, -0.15) is 5.10 Å². The summed E-state index contributed by atoms with van der Waals surface area (Å²) in [4.78, 5) is 12.6. The van der Waals surface area contributed by atoms with Gasteiger partial charge < -0.3 is 10.1 Å². The van der Waals surface area contributed by atoms with Crippen molar-refractivity contribution in [3.8, 4) is 11.4 Å². The first-order valence-electron chi connectivity index (χ1n) is 8.76. The van der Waals surface area contributed by atoms with E-state index in [1.54, 1.807) is 12.1 Å². The van der Waals surface area contributed by atoms with Crippen molar-refractivity contribution in [1.82, 2.24) is 9.78 Å². The van der Waals surface area contributed by atoms with Crippen LogP contribution in [-0.2, 0) is 0 Å². The van der Waals surface area contributed by atoms with E-state index in [0.29, 0.717) is 17.0 Å². The number of carbonyl (C=O) groups excluding carboxylic acids is 1. The van der Waals surface area contributed by atoms with Crippen LogP contribution in [0.2, 0.25) is 0 Å². The molecule has 0 aliphatic rings. The molecule has 3 rings (SSSR count). The van der Waals surface area contributed by atoms with Crippen LogP contribution in [0.4, 0.5) is 5.69 Å². The third kappa shape index (κ3) is 4.22. The minimum atomic E-state index is -0.184. The van der Waals surface area contributed by atoms with Gasteiger partial charge in [0.05, 0.1) is 33.3 Å². The topological polar surface area (TPSA) is 56.2 Å². The van der Waals surface area contributed by atoms with Crippen molar-refractivity contribution in [2.75, 3.05) is 5.32 Å². The summed E-state index contributed by atoms with van der Waals surface area (Å²) in [7, 11) is 0. The van der Waals surface area contributed by atoms with Crippen LogP contribution >= 0.6 is 15.9 Å². The van der Waals surface area contributed by atoms with Crippen molar-refractivity contribution in [2.24, 2.45) is 0 Å². The van der Waals surface area contributed by atoms with Crippen molar-refractivity contribution in [3.63, 3.8) is 0 Å². The Morgan fingerprint density at radius 2 is 1.78 bits per heavy atom. The fourth-order valence-electron chi connectivity index (χ4n) is 2.75. The molecule has 27 heavy (non-hydrogen) atoms. The lowest BCUT2D eigenvalue weighted by Crippen LogP contribution is -2.14. The zero-order valence-electron chi connectivity index (χ0n) is 15.8. The maximum absolute atomic E-state index is 12.6. The summed E-state index contributed by atoms with van der Waals surface area (Å²) in [5.41, 5.74) is 4.07. The number of anilines is 1. The van der Waals surface area contributed by atoms with Gasteiger partial charge in [-0.3, -0.25) is 4.79 Å². The third-order valence-corrected chi connectivity index (χ3v) is 5.22. The Morgan fingerprint density at radius 3 is 2.37 bits per heavy atom. The number of ether oxygens (including phenoxy) is 1. The van der Waals surface area contributed by atoms with E-state index < -0.39 is 0 Å². The van der Waals surface area contributed by atoms with Crippen molar-refractivity contribution >= 4 is 27.5 Å². The lowest BCUT2D eigenvalue weighted by molar-refractivity contribution is 0.102. The highest BCUT2D eigenvalue weighted by molar-refractivity contribution is 9.10. The molecule has 0 unspecified atom stereocenters. The van der Waals surface area contributed by atoms with Crippen LogP contribution in [0, 0.1) is 13.8 Å². The normalized spacial score (nSPS) is 10.9. The highest BCUT2D eigenvalue weighted by atomic mass is 79.9. The van der Waals surface area contributed by atoms with Crippen molar-refractivity contribution < 1.29 is 9.53 Å². The summed E-state index contributed by atoms with van der Waals surface area (Å²) in [6.45, 7) is 7.85. The fraction of sp³-hybridized carbons (Fsp3) is 0.238. The second kappa shape index (κ2) is 7.96. The third-order valence-electron chi connectivity index (χ3n) is 4.07. The number of benzene rings is 2. The van der Waals surface area contributed by atoms with Crippen LogP contribution in [0.5, 0.6) is 5.75 Å². The molecule has 6 heteroatoms. The van der Waals surface area contributed by atoms with Crippen LogP contribution in [0.3, 0.4) is 0 Å². The van der Waals surface area contributed by atoms with E-state index in [-0.39, 0.29) is 12.0 Å². The molecule has 2 aromatic carbocycles. The molecule has 0 radical (unpaired) electrons. The van der Waals surface area contributed by atoms with Crippen molar-refractivity contribution in [3.05, 3.63) is 70.0 Å². The maximum Gasteiger partial charge on any atom is 0.255 e. The summed E-state index contributed by atoms with van der Waals surface area (Å²) in [5, 5.41) is 7.44. The van der Waals surface area contributed by atoms with E-state index in [1.807, 2.05) is 68.8 Å². The highest BCUT2D eigenvalue weighted by Crippen LogP contribution is 2.26. The molecule has 0 saturated heterocycles.